The summed E-state index contributed by atoms with van der Waals surface area (Å²) in [4.78, 5) is 0. The molecule has 1 heterocycles. The predicted molar refractivity (Wildman–Crippen MR) is 78.2 cm³/mol. The highest BCUT2D eigenvalue weighted by Gasteiger charge is 2.21. The SMILES string of the molecule is CC1CCC(Nc2cnn(Cc3ccccc3)c2)C1. The summed E-state index contributed by atoms with van der Waals surface area (Å²) in [5.41, 5.74) is 2.43. The van der Waals surface area contributed by atoms with Crippen molar-refractivity contribution in [1.29, 1.82) is 0 Å². The first-order valence-electron chi connectivity index (χ1n) is 7.12. The minimum atomic E-state index is 0.629. The van der Waals surface area contributed by atoms with E-state index in [0.717, 1.165) is 18.2 Å². The van der Waals surface area contributed by atoms with Crippen LogP contribution in [0.4, 0.5) is 5.69 Å². The molecule has 1 aromatic heterocycles. The van der Waals surface area contributed by atoms with Crippen LogP contribution in [0.2, 0.25) is 0 Å². The van der Waals surface area contributed by atoms with Gasteiger partial charge >= 0.3 is 0 Å². The van der Waals surface area contributed by atoms with Crippen molar-refractivity contribution in [2.45, 2.75) is 38.8 Å². The molecule has 0 aliphatic heterocycles. The lowest BCUT2D eigenvalue weighted by Crippen LogP contribution is -2.14. The molecule has 2 unspecified atom stereocenters. The van der Waals surface area contributed by atoms with Gasteiger partial charge in [0.25, 0.3) is 0 Å². The molecular weight excluding hydrogens is 234 g/mol. The van der Waals surface area contributed by atoms with Crippen molar-refractivity contribution in [3.05, 3.63) is 48.3 Å². The molecule has 100 valence electrons. The number of aromatic nitrogens is 2. The van der Waals surface area contributed by atoms with E-state index in [1.165, 1.54) is 24.8 Å². The number of hydrogen-bond acceptors (Lipinski definition) is 2. The van der Waals surface area contributed by atoms with E-state index in [2.05, 4.69) is 47.8 Å². The predicted octanol–water partition coefficient (Wildman–Crippen LogP) is 3.53. The maximum absolute atomic E-state index is 4.43. The van der Waals surface area contributed by atoms with E-state index in [9.17, 15) is 0 Å². The first-order chi connectivity index (χ1) is 9.29. The van der Waals surface area contributed by atoms with Crippen LogP contribution in [0.25, 0.3) is 0 Å². The van der Waals surface area contributed by atoms with E-state index in [1.807, 2.05) is 16.9 Å². The van der Waals surface area contributed by atoms with Crippen LogP contribution in [0.5, 0.6) is 0 Å². The van der Waals surface area contributed by atoms with Gasteiger partial charge in [-0.2, -0.15) is 5.10 Å². The molecule has 3 nitrogen and oxygen atoms in total. The fraction of sp³-hybridized carbons (Fsp3) is 0.438. The van der Waals surface area contributed by atoms with Crippen molar-refractivity contribution >= 4 is 5.69 Å². The molecule has 0 bridgehead atoms. The number of hydrogen-bond donors (Lipinski definition) is 1. The van der Waals surface area contributed by atoms with E-state index < -0.39 is 0 Å². The van der Waals surface area contributed by atoms with Gasteiger partial charge in [-0.15, -0.1) is 0 Å². The molecule has 1 aromatic carbocycles. The van der Waals surface area contributed by atoms with Gasteiger partial charge in [-0.3, -0.25) is 4.68 Å². The van der Waals surface area contributed by atoms with Gasteiger partial charge in [0.05, 0.1) is 18.4 Å². The van der Waals surface area contributed by atoms with E-state index >= 15 is 0 Å². The number of nitrogens with zero attached hydrogens (tertiary/aromatic N) is 2. The summed E-state index contributed by atoms with van der Waals surface area (Å²) < 4.78 is 2.00. The summed E-state index contributed by atoms with van der Waals surface area (Å²) in [6, 6.07) is 11.1. The van der Waals surface area contributed by atoms with Crippen LogP contribution in [0, 0.1) is 5.92 Å². The summed E-state index contributed by atoms with van der Waals surface area (Å²) in [5.74, 6) is 0.858. The van der Waals surface area contributed by atoms with Crippen LogP contribution >= 0.6 is 0 Å². The quantitative estimate of drug-likeness (QED) is 0.905. The monoisotopic (exact) mass is 255 g/mol. The Labute approximate surface area is 114 Å². The standard InChI is InChI=1S/C16H21N3/c1-13-7-8-15(9-13)18-16-10-17-19(12-16)11-14-5-3-2-4-6-14/h2-6,10,12-13,15,18H,7-9,11H2,1H3. The van der Waals surface area contributed by atoms with Gasteiger partial charge in [-0.05, 0) is 30.7 Å². The molecule has 3 rings (SSSR count). The third-order valence-electron chi connectivity index (χ3n) is 3.89. The Bertz CT molecular complexity index is 518. The summed E-state index contributed by atoms with van der Waals surface area (Å²) in [7, 11) is 0. The maximum atomic E-state index is 4.43. The molecule has 19 heavy (non-hydrogen) atoms. The summed E-state index contributed by atoms with van der Waals surface area (Å²) in [6.07, 6.45) is 7.95. The number of rotatable bonds is 4. The van der Waals surface area contributed by atoms with Gasteiger partial charge < -0.3 is 5.32 Å². The largest absolute Gasteiger partial charge is 0.380 e. The summed E-state index contributed by atoms with van der Waals surface area (Å²) >= 11 is 0. The average Bonchev–Trinajstić information content (AvgIpc) is 3.01. The molecule has 0 amide bonds. The first-order valence-corrected chi connectivity index (χ1v) is 7.12. The van der Waals surface area contributed by atoms with E-state index in [0.29, 0.717) is 6.04 Å². The minimum Gasteiger partial charge on any atom is -0.380 e. The maximum Gasteiger partial charge on any atom is 0.0728 e. The van der Waals surface area contributed by atoms with Crippen molar-refractivity contribution in [3.63, 3.8) is 0 Å². The highest BCUT2D eigenvalue weighted by Crippen LogP contribution is 2.27. The lowest BCUT2D eigenvalue weighted by molar-refractivity contribution is 0.602. The zero-order valence-electron chi connectivity index (χ0n) is 11.4. The van der Waals surface area contributed by atoms with Crippen molar-refractivity contribution in [2.24, 2.45) is 5.92 Å². The molecule has 3 heteroatoms. The van der Waals surface area contributed by atoms with Crippen molar-refractivity contribution < 1.29 is 0 Å². The Morgan fingerprint density at radius 3 is 2.84 bits per heavy atom. The molecule has 1 aliphatic rings. The van der Waals surface area contributed by atoms with Gasteiger partial charge in [0, 0.05) is 12.2 Å². The number of nitrogens with one attached hydrogen (secondary N) is 1. The van der Waals surface area contributed by atoms with E-state index in [-0.39, 0.29) is 0 Å². The van der Waals surface area contributed by atoms with Crippen molar-refractivity contribution in [3.8, 4) is 0 Å². The Morgan fingerprint density at radius 1 is 1.26 bits per heavy atom. The molecule has 1 saturated carbocycles. The first kappa shape index (κ1) is 12.3. The molecular formula is C16H21N3. The fourth-order valence-electron chi connectivity index (χ4n) is 2.87. The zero-order valence-corrected chi connectivity index (χ0v) is 11.4. The molecule has 1 aliphatic carbocycles. The lowest BCUT2D eigenvalue weighted by atomic mass is 10.1. The van der Waals surface area contributed by atoms with E-state index in [1.54, 1.807) is 0 Å². The Balaban J connectivity index is 1.60. The summed E-state index contributed by atoms with van der Waals surface area (Å²) in [5, 5.41) is 8.02. The Morgan fingerprint density at radius 2 is 2.11 bits per heavy atom. The van der Waals surface area contributed by atoms with Gasteiger partial charge in [-0.25, -0.2) is 0 Å². The molecule has 1 fully saturated rings. The van der Waals surface area contributed by atoms with Crippen LogP contribution in [-0.4, -0.2) is 15.8 Å². The second-order valence-electron chi connectivity index (χ2n) is 5.67. The van der Waals surface area contributed by atoms with Crippen LogP contribution in [0.3, 0.4) is 0 Å². The van der Waals surface area contributed by atoms with Crippen LogP contribution < -0.4 is 5.32 Å². The number of anilines is 1. The van der Waals surface area contributed by atoms with E-state index in [4.69, 9.17) is 0 Å². The molecule has 2 aromatic rings. The zero-order chi connectivity index (χ0) is 13.1. The molecule has 0 saturated heterocycles. The van der Waals surface area contributed by atoms with Gasteiger partial charge in [0.15, 0.2) is 0 Å². The highest BCUT2D eigenvalue weighted by molar-refractivity contribution is 5.39. The third kappa shape index (κ3) is 3.16. The molecule has 0 radical (unpaired) electrons. The highest BCUT2D eigenvalue weighted by atomic mass is 15.3. The topological polar surface area (TPSA) is 29.9 Å². The minimum absolute atomic E-state index is 0.629. The second-order valence-corrected chi connectivity index (χ2v) is 5.67. The van der Waals surface area contributed by atoms with Gasteiger partial charge in [-0.1, -0.05) is 37.3 Å². The lowest BCUT2D eigenvalue weighted by Gasteiger charge is -2.11. The Kier molecular flexibility index (Phi) is 3.53. The van der Waals surface area contributed by atoms with Crippen LogP contribution in [0.1, 0.15) is 31.7 Å². The van der Waals surface area contributed by atoms with Crippen molar-refractivity contribution in [1.82, 2.24) is 9.78 Å². The normalized spacial score (nSPS) is 22.6. The molecule has 0 spiro atoms. The number of benzene rings is 1. The van der Waals surface area contributed by atoms with Gasteiger partial charge in [0.1, 0.15) is 0 Å². The molecule has 2 atom stereocenters. The van der Waals surface area contributed by atoms with Gasteiger partial charge in [0.2, 0.25) is 0 Å². The second kappa shape index (κ2) is 5.47. The Hall–Kier alpha value is -1.77. The van der Waals surface area contributed by atoms with Crippen molar-refractivity contribution in [2.75, 3.05) is 5.32 Å². The summed E-state index contributed by atoms with van der Waals surface area (Å²) in [6.45, 7) is 3.17. The average molecular weight is 255 g/mol. The molecule has 1 N–H and O–H groups in total. The van der Waals surface area contributed by atoms with Crippen LogP contribution in [0.15, 0.2) is 42.7 Å². The fourth-order valence-corrected chi connectivity index (χ4v) is 2.87. The van der Waals surface area contributed by atoms with Crippen LogP contribution in [-0.2, 0) is 6.54 Å². The smallest absolute Gasteiger partial charge is 0.0728 e. The third-order valence-corrected chi connectivity index (χ3v) is 3.89.